The second-order valence-electron chi connectivity index (χ2n) is 7.26. The molecule has 6 heteroatoms. The van der Waals surface area contributed by atoms with Gasteiger partial charge in [0.25, 0.3) is 0 Å². The van der Waals surface area contributed by atoms with Crippen molar-refractivity contribution in [2.45, 2.75) is 20.0 Å². The van der Waals surface area contributed by atoms with Crippen LogP contribution in [-0.2, 0) is 0 Å². The van der Waals surface area contributed by atoms with E-state index in [9.17, 15) is 10.2 Å². The zero-order valence-corrected chi connectivity index (χ0v) is 16.9. The van der Waals surface area contributed by atoms with Crippen molar-refractivity contribution in [2.75, 3.05) is 51.3 Å². The molecule has 2 aromatic carbocycles. The van der Waals surface area contributed by atoms with Crippen LogP contribution in [0.15, 0.2) is 36.4 Å². The lowest BCUT2D eigenvalue weighted by atomic mass is 10.1. The first-order chi connectivity index (χ1) is 13.5. The van der Waals surface area contributed by atoms with Crippen molar-refractivity contribution in [3.8, 4) is 17.2 Å². The third-order valence-electron chi connectivity index (χ3n) is 5.41. The molecule has 3 rings (SSSR count). The Bertz CT molecular complexity index is 788. The normalized spacial score (nSPS) is 16.1. The number of aromatic hydroxyl groups is 1. The highest BCUT2D eigenvalue weighted by atomic mass is 16.5. The number of ether oxygens (including phenoxy) is 2. The van der Waals surface area contributed by atoms with Crippen LogP contribution in [0.2, 0.25) is 0 Å². The molecule has 1 atom stereocenters. The standard InChI is InChI=1S/C22H30N2O4/c1-16-17(2)21(9-8-20(16)26)28-15-18(25)14-23-10-12-24(13-11-23)19-6-4-5-7-22(19)27-3/h4-9,18,25-26H,10-15H2,1-3H3. The molecule has 1 fully saturated rings. The van der Waals surface area contributed by atoms with Crippen LogP contribution in [0.5, 0.6) is 17.2 Å². The van der Waals surface area contributed by atoms with E-state index in [0.29, 0.717) is 12.3 Å². The van der Waals surface area contributed by atoms with Gasteiger partial charge in [0.2, 0.25) is 0 Å². The molecule has 1 heterocycles. The Hall–Kier alpha value is -2.44. The molecule has 6 nitrogen and oxygen atoms in total. The first-order valence-corrected chi connectivity index (χ1v) is 9.70. The van der Waals surface area contributed by atoms with Gasteiger partial charge < -0.3 is 24.6 Å². The van der Waals surface area contributed by atoms with E-state index in [1.807, 2.05) is 32.0 Å². The van der Waals surface area contributed by atoms with Crippen molar-refractivity contribution in [3.63, 3.8) is 0 Å². The van der Waals surface area contributed by atoms with Gasteiger partial charge in [-0.2, -0.15) is 0 Å². The average Bonchev–Trinajstić information content (AvgIpc) is 2.72. The Morgan fingerprint density at radius 3 is 2.39 bits per heavy atom. The van der Waals surface area contributed by atoms with E-state index in [2.05, 4.69) is 15.9 Å². The van der Waals surface area contributed by atoms with Gasteiger partial charge in [0.15, 0.2) is 0 Å². The summed E-state index contributed by atoms with van der Waals surface area (Å²) in [7, 11) is 1.70. The van der Waals surface area contributed by atoms with Gasteiger partial charge in [-0.25, -0.2) is 0 Å². The number of phenolic OH excluding ortho intramolecular Hbond substituents is 1. The van der Waals surface area contributed by atoms with E-state index in [-0.39, 0.29) is 12.4 Å². The van der Waals surface area contributed by atoms with E-state index in [1.165, 1.54) is 0 Å². The number of hydrogen-bond acceptors (Lipinski definition) is 6. The Balaban J connectivity index is 1.47. The molecule has 0 radical (unpaired) electrons. The van der Waals surface area contributed by atoms with Gasteiger partial charge in [-0.15, -0.1) is 0 Å². The minimum Gasteiger partial charge on any atom is -0.508 e. The lowest BCUT2D eigenvalue weighted by molar-refractivity contribution is 0.0660. The predicted molar refractivity (Wildman–Crippen MR) is 111 cm³/mol. The van der Waals surface area contributed by atoms with Gasteiger partial charge in [-0.3, -0.25) is 4.90 Å². The average molecular weight is 386 g/mol. The number of anilines is 1. The Labute approximate surface area is 166 Å². The Kier molecular flexibility index (Phi) is 6.65. The van der Waals surface area contributed by atoms with Crippen LogP contribution in [0.25, 0.3) is 0 Å². The van der Waals surface area contributed by atoms with Crippen LogP contribution >= 0.6 is 0 Å². The van der Waals surface area contributed by atoms with Crippen LogP contribution < -0.4 is 14.4 Å². The molecular weight excluding hydrogens is 356 g/mol. The summed E-state index contributed by atoms with van der Waals surface area (Å²) in [4.78, 5) is 4.58. The van der Waals surface area contributed by atoms with E-state index >= 15 is 0 Å². The zero-order valence-electron chi connectivity index (χ0n) is 16.9. The minimum absolute atomic E-state index is 0.234. The highest BCUT2D eigenvalue weighted by molar-refractivity contribution is 5.58. The number of piperazine rings is 1. The number of hydrogen-bond donors (Lipinski definition) is 2. The monoisotopic (exact) mass is 386 g/mol. The Morgan fingerprint density at radius 2 is 1.68 bits per heavy atom. The molecule has 1 aliphatic rings. The van der Waals surface area contributed by atoms with Gasteiger partial charge in [-0.05, 0) is 49.2 Å². The number of methoxy groups -OCH3 is 1. The summed E-state index contributed by atoms with van der Waals surface area (Å²) in [5.74, 6) is 1.86. The predicted octanol–water partition coefficient (Wildman–Crippen LogP) is 2.58. The lowest BCUT2D eigenvalue weighted by Gasteiger charge is -2.37. The lowest BCUT2D eigenvalue weighted by Crippen LogP contribution is -2.49. The van der Waals surface area contributed by atoms with E-state index < -0.39 is 6.10 Å². The molecule has 0 amide bonds. The minimum atomic E-state index is -0.564. The number of aliphatic hydroxyl groups excluding tert-OH is 1. The molecule has 28 heavy (non-hydrogen) atoms. The molecule has 0 aromatic heterocycles. The van der Waals surface area contributed by atoms with Crippen molar-refractivity contribution in [1.82, 2.24) is 4.90 Å². The Morgan fingerprint density at radius 1 is 0.964 bits per heavy atom. The second kappa shape index (κ2) is 9.17. The fraction of sp³-hybridized carbons (Fsp3) is 0.455. The molecule has 0 aliphatic carbocycles. The van der Waals surface area contributed by atoms with Crippen molar-refractivity contribution in [2.24, 2.45) is 0 Å². The van der Waals surface area contributed by atoms with Crippen LogP contribution in [-0.4, -0.2) is 67.7 Å². The summed E-state index contributed by atoms with van der Waals surface area (Å²) in [6.45, 7) is 8.13. The summed E-state index contributed by atoms with van der Waals surface area (Å²) in [6.07, 6.45) is -0.564. The third-order valence-corrected chi connectivity index (χ3v) is 5.41. The number of nitrogens with zero attached hydrogens (tertiary/aromatic N) is 2. The number of β-amino-alcohol motifs (C(OH)–C–C–N with tert-alkyl or cyclic N) is 1. The van der Waals surface area contributed by atoms with Gasteiger partial charge in [0.05, 0.1) is 12.8 Å². The number of aliphatic hydroxyl groups is 1. The van der Waals surface area contributed by atoms with Crippen molar-refractivity contribution >= 4 is 5.69 Å². The van der Waals surface area contributed by atoms with Crippen LogP contribution in [0, 0.1) is 13.8 Å². The summed E-state index contributed by atoms with van der Waals surface area (Å²) in [5, 5.41) is 20.1. The SMILES string of the molecule is COc1ccccc1N1CCN(CC(O)COc2ccc(O)c(C)c2C)CC1. The van der Waals surface area contributed by atoms with Gasteiger partial charge in [0.1, 0.15) is 30.0 Å². The van der Waals surface area contributed by atoms with Crippen LogP contribution in [0.3, 0.4) is 0 Å². The fourth-order valence-electron chi connectivity index (χ4n) is 3.54. The van der Waals surface area contributed by atoms with Crippen LogP contribution in [0.4, 0.5) is 5.69 Å². The number of rotatable bonds is 7. The number of para-hydroxylation sites is 2. The van der Waals surface area contributed by atoms with E-state index in [0.717, 1.165) is 48.7 Å². The fourth-order valence-corrected chi connectivity index (χ4v) is 3.54. The molecule has 1 unspecified atom stereocenters. The molecule has 152 valence electrons. The molecule has 0 bridgehead atoms. The molecule has 2 N–H and O–H groups in total. The number of phenols is 1. The summed E-state index contributed by atoms with van der Waals surface area (Å²) in [6, 6.07) is 11.4. The summed E-state index contributed by atoms with van der Waals surface area (Å²) < 4.78 is 11.2. The van der Waals surface area contributed by atoms with Crippen molar-refractivity contribution < 1.29 is 19.7 Å². The van der Waals surface area contributed by atoms with Gasteiger partial charge in [-0.1, -0.05) is 12.1 Å². The van der Waals surface area contributed by atoms with Crippen LogP contribution in [0.1, 0.15) is 11.1 Å². The highest BCUT2D eigenvalue weighted by Crippen LogP contribution is 2.29. The van der Waals surface area contributed by atoms with Crippen molar-refractivity contribution in [1.29, 1.82) is 0 Å². The first kappa shape index (κ1) is 20.3. The quantitative estimate of drug-likeness (QED) is 0.763. The summed E-state index contributed by atoms with van der Waals surface area (Å²) in [5.41, 5.74) is 2.82. The first-order valence-electron chi connectivity index (χ1n) is 9.70. The molecule has 1 aliphatic heterocycles. The van der Waals surface area contributed by atoms with E-state index in [1.54, 1.807) is 19.2 Å². The second-order valence-corrected chi connectivity index (χ2v) is 7.26. The topological polar surface area (TPSA) is 65.4 Å². The largest absolute Gasteiger partial charge is 0.508 e. The third kappa shape index (κ3) is 4.69. The molecule has 0 spiro atoms. The molecule has 1 saturated heterocycles. The van der Waals surface area contributed by atoms with E-state index in [4.69, 9.17) is 9.47 Å². The highest BCUT2D eigenvalue weighted by Gasteiger charge is 2.21. The summed E-state index contributed by atoms with van der Waals surface area (Å²) >= 11 is 0. The molecule has 0 saturated carbocycles. The maximum atomic E-state index is 10.4. The van der Waals surface area contributed by atoms with Crippen molar-refractivity contribution in [3.05, 3.63) is 47.5 Å². The van der Waals surface area contributed by atoms with Gasteiger partial charge >= 0.3 is 0 Å². The number of benzene rings is 2. The maximum absolute atomic E-state index is 10.4. The smallest absolute Gasteiger partial charge is 0.142 e. The molecule has 2 aromatic rings. The van der Waals surface area contributed by atoms with Gasteiger partial charge in [0, 0.05) is 32.7 Å². The maximum Gasteiger partial charge on any atom is 0.142 e. The zero-order chi connectivity index (χ0) is 20.1. The molecular formula is C22H30N2O4.